The van der Waals surface area contributed by atoms with E-state index in [1.807, 2.05) is 24.3 Å². The van der Waals surface area contributed by atoms with Gasteiger partial charge in [-0.25, -0.2) is 9.38 Å². The molecule has 0 bridgehead atoms. The average Bonchev–Trinajstić information content (AvgIpc) is 3.00. The average molecular weight is 469 g/mol. The van der Waals surface area contributed by atoms with E-state index in [1.54, 1.807) is 26.1 Å². The molecule has 2 atom stereocenters. The summed E-state index contributed by atoms with van der Waals surface area (Å²) in [5.74, 6) is -1.35. The lowest BCUT2D eigenvalue weighted by Gasteiger charge is -2.27. The maximum atomic E-state index is 13.2. The minimum atomic E-state index is -1.27. The molecule has 0 spiro atoms. The van der Waals surface area contributed by atoms with Gasteiger partial charge >= 0.3 is 0 Å². The molecule has 1 aromatic carbocycles. The van der Waals surface area contributed by atoms with Gasteiger partial charge in [-0.05, 0) is 42.2 Å². The minimum Gasteiger partial charge on any atom is -0.513 e. The molecule has 180 valence electrons. The Morgan fingerprint density at radius 1 is 1.38 bits per heavy atom. The third-order valence-corrected chi connectivity index (χ3v) is 5.92. The smallest absolute Gasteiger partial charge is 0.255 e. The summed E-state index contributed by atoms with van der Waals surface area (Å²) < 4.78 is 13.0. The summed E-state index contributed by atoms with van der Waals surface area (Å²) in [6.45, 7) is 2.29. The third-order valence-electron chi connectivity index (χ3n) is 5.92. The fourth-order valence-electron chi connectivity index (χ4n) is 3.96. The summed E-state index contributed by atoms with van der Waals surface area (Å²) in [6.07, 6.45) is 7.45. The van der Waals surface area contributed by atoms with Gasteiger partial charge in [-0.3, -0.25) is 14.4 Å². The molecule has 2 aliphatic rings. The van der Waals surface area contributed by atoms with Gasteiger partial charge in [0.05, 0.1) is 11.8 Å². The second-order valence-corrected chi connectivity index (χ2v) is 8.19. The number of nitrogens with two attached hydrogens (primary N) is 1. The number of aliphatic hydroxyl groups is 1. The molecule has 2 amide bonds. The lowest BCUT2D eigenvalue weighted by molar-refractivity contribution is -0.131. The molecule has 1 aromatic rings. The molecule has 0 radical (unpaired) electrons. The van der Waals surface area contributed by atoms with E-state index in [0.29, 0.717) is 24.2 Å². The standard InChI is InChI=1S/C25H29FN4O4/c1-3-18(31)11-20(22(32)12-26)29-24(33)21(4-2)30-14-17-9-8-15(10-19(17)25(30)34)16-6-5-7-23(27)28-13-16/h3,5-6,8-10,13,20-21,31H,4,7,11-12,14H2,1-2H3,(H2,27,28)(H,29,33)/b18-3-. The fraction of sp³-hybridized carbons (Fsp3) is 0.360. The Hall–Kier alpha value is -3.75. The van der Waals surface area contributed by atoms with E-state index in [0.717, 1.165) is 16.7 Å². The van der Waals surface area contributed by atoms with Gasteiger partial charge < -0.3 is 21.1 Å². The van der Waals surface area contributed by atoms with Crippen LogP contribution in [0.3, 0.4) is 0 Å². The molecule has 0 saturated carbocycles. The minimum absolute atomic E-state index is 0.134. The topological polar surface area (TPSA) is 125 Å². The van der Waals surface area contributed by atoms with E-state index in [2.05, 4.69) is 10.3 Å². The Kier molecular flexibility index (Phi) is 7.99. The second-order valence-electron chi connectivity index (χ2n) is 8.19. The number of nitrogens with one attached hydrogen (secondary N) is 1. The van der Waals surface area contributed by atoms with Crippen molar-refractivity contribution in [3.8, 4) is 0 Å². The van der Waals surface area contributed by atoms with Gasteiger partial charge in [0.2, 0.25) is 5.91 Å². The number of Topliss-reactive ketones (excluding diaryl/α,β-unsaturated/α-hetero) is 1. The van der Waals surface area contributed by atoms with Crippen molar-refractivity contribution in [2.75, 3.05) is 6.67 Å². The Morgan fingerprint density at radius 3 is 2.82 bits per heavy atom. The van der Waals surface area contributed by atoms with Crippen LogP contribution < -0.4 is 11.1 Å². The summed E-state index contributed by atoms with van der Waals surface area (Å²) in [5, 5.41) is 12.3. The zero-order chi connectivity index (χ0) is 24.8. The van der Waals surface area contributed by atoms with Crippen molar-refractivity contribution >= 4 is 29.0 Å². The molecular weight excluding hydrogens is 439 g/mol. The number of hydrogen-bond donors (Lipinski definition) is 3. The highest BCUT2D eigenvalue weighted by Gasteiger charge is 2.37. The number of nitrogens with zero attached hydrogens (tertiary/aromatic N) is 2. The van der Waals surface area contributed by atoms with Gasteiger partial charge in [0, 0.05) is 31.1 Å². The number of hydrogen-bond acceptors (Lipinski definition) is 6. The van der Waals surface area contributed by atoms with Crippen LogP contribution in [0, 0.1) is 0 Å². The van der Waals surface area contributed by atoms with Crippen LogP contribution in [0.1, 0.15) is 54.6 Å². The molecule has 2 heterocycles. The molecule has 34 heavy (non-hydrogen) atoms. The van der Waals surface area contributed by atoms with Gasteiger partial charge in [-0.15, -0.1) is 0 Å². The number of fused-ring (bicyclic) bond motifs is 1. The maximum Gasteiger partial charge on any atom is 0.255 e. The second kappa shape index (κ2) is 10.9. The summed E-state index contributed by atoms with van der Waals surface area (Å²) in [6, 6.07) is 3.44. The first-order valence-electron chi connectivity index (χ1n) is 11.1. The van der Waals surface area contributed by atoms with Crippen molar-refractivity contribution < 1.29 is 23.9 Å². The Bertz CT molecular complexity index is 1110. The van der Waals surface area contributed by atoms with Crippen molar-refractivity contribution in [1.82, 2.24) is 10.2 Å². The fourth-order valence-corrected chi connectivity index (χ4v) is 3.96. The first-order valence-corrected chi connectivity index (χ1v) is 11.1. The van der Waals surface area contributed by atoms with Crippen LogP contribution in [0.5, 0.6) is 0 Å². The zero-order valence-electron chi connectivity index (χ0n) is 19.3. The van der Waals surface area contributed by atoms with Gasteiger partial charge in [0.25, 0.3) is 5.91 Å². The molecular formula is C25H29FN4O4. The van der Waals surface area contributed by atoms with Crippen LogP contribution >= 0.6 is 0 Å². The molecule has 3 rings (SSSR count). The summed E-state index contributed by atoms with van der Waals surface area (Å²) in [5.41, 5.74) is 8.66. The molecule has 4 N–H and O–H groups in total. The third kappa shape index (κ3) is 5.41. The van der Waals surface area contributed by atoms with E-state index in [4.69, 9.17) is 5.73 Å². The summed E-state index contributed by atoms with van der Waals surface area (Å²) in [7, 11) is 0. The molecule has 9 heteroatoms. The number of aliphatic hydroxyl groups excluding tert-OH is 1. The highest BCUT2D eigenvalue weighted by Crippen LogP contribution is 2.29. The van der Waals surface area contributed by atoms with Gasteiger partial charge in [-0.1, -0.05) is 31.2 Å². The van der Waals surface area contributed by atoms with Crippen molar-refractivity contribution in [2.45, 2.75) is 51.7 Å². The molecule has 0 aliphatic carbocycles. The van der Waals surface area contributed by atoms with Crippen LogP contribution in [0.15, 0.2) is 53.4 Å². The molecule has 0 saturated heterocycles. The lowest BCUT2D eigenvalue weighted by Crippen LogP contribution is -2.52. The van der Waals surface area contributed by atoms with E-state index >= 15 is 0 Å². The predicted molar refractivity (Wildman–Crippen MR) is 128 cm³/mol. The van der Waals surface area contributed by atoms with E-state index in [1.165, 1.54) is 11.0 Å². The lowest BCUT2D eigenvalue weighted by atomic mass is 10.0. The number of aliphatic imine (C=N–C) groups is 1. The Balaban J connectivity index is 1.80. The van der Waals surface area contributed by atoms with Gasteiger partial charge in [0.1, 0.15) is 18.6 Å². The molecule has 8 nitrogen and oxygen atoms in total. The van der Waals surface area contributed by atoms with E-state index < -0.39 is 30.4 Å². The van der Waals surface area contributed by atoms with Crippen molar-refractivity contribution in [2.24, 2.45) is 10.7 Å². The number of benzene rings is 1. The van der Waals surface area contributed by atoms with E-state index in [9.17, 15) is 23.9 Å². The highest BCUT2D eigenvalue weighted by atomic mass is 19.1. The van der Waals surface area contributed by atoms with Crippen molar-refractivity contribution in [3.05, 3.63) is 65.1 Å². The number of carbonyl (C=O) groups is 3. The predicted octanol–water partition coefficient (Wildman–Crippen LogP) is 2.95. The first kappa shape index (κ1) is 24.9. The molecule has 0 aromatic heterocycles. The quantitative estimate of drug-likeness (QED) is 0.481. The summed E-state index contributed by atoms with van der Waals surface area (Å²) in [4.78, 5) is 43.9. The number of halogens is 1. The van der Waals surface area contributed by atoms with Crippen LogP contribution in [0.25, 0.3) is 5.57 Å². The largest absolute Gasteiger partial charge is 0.513 e. The normalized spacial score (nSPS) is 17.4. The Morgan fingerprint density at radius 2 is 2.15 bits per heavy atom. The van der Waals surface area contributed by atoms with Crippen molar-refractivity contribution in [1.29, 1.82) is 0 Å². The number of carbonyl (C=O) groups excluding carboxylic acids is 3. The summed E-state index contributed by atoms with van der Waals surface area (Å²) >= 11 is 0. The van der Waals surface area contributed by atoms with E-state index in [-0.39, 0.29) is 24.6 Å². The van der Waals surface area contributed by atoms with Crippen LogP contribution in [-0.2, 0) is 16.1 Å². The number of amidine groups is 1. The first-order chi connectivity index (χ1) is 16.3. The number of alkyl halides is 1. The van der Waals surface area contributed by atoms with Crippen LogP contribution in [0.2, 0.25) is 0 Å². The van der Waals surface area contributed by atoms with Crippen LogP contribution in [-0.4, -0.2) is 52.2 Å². The number of allylic oxidation sites excluding steroid dienone is 3. The number of amides is 2. The number of ketones is 1. The monoisotopic (exact) mass is 468 g/mol. The molecule has 2 aliphatic heterocycles. The zero-order valence-corrected chi connectivity index (χ0v) is 19.3. The molecule has 0 fully saturated rings. The SMILES string of the molecule is C/C=C(\O)CC(NC(=O)C(CC)N1Cc2ccc(C3=CN=C(N)CC=C3)cc2C1=O)C(=O)CF. The number of rotatable bonds is 9. The molecule has 2 unspecified atom stereocenters. The highest BCUT2D eigenvalue weighted by molar-refractivity contribution is 6.02. The van der Waals surface area contributed by atoms with Gasteiger partial charge in [0.15, 0.2) is 5.78 Å². The van der Waals surface area contributed by atoms with Gasteiger partial charge in [-0.2, -0.15) is 0 Å². The van der Waals surface area contributed by atoms with Crippen molar-refractivity contribution in [3.63, 3.8) is 0 Å². The maximum absolute atomic E-state index is 13.2. The van der Waals surface area contributed by atoms with Crippen LogP contribution in [0.4, 0.5) is 4.39 Å². The Labute approximate surface area is 197 Å².